The highest BCUT2D eigenvalue weighted by atomic mass is 28.4. The molecule has 0 aliphatic rings. The summed E-state index contributed by atoms with van der Waals surface area (Å²) in [6, 6.07) is 9.47. The normalized spacial score (nSPS) is 11.4. The average Bonchev–Trinajstić information content (AvgIpc) is 2.42. The number of hydrogen-bond acceptors (Lipinski definition) is 2. The van der Waals surface area contributed by atoms with Crippen LogP contribution in [0.5, 0.6) is 0 Å². The van der Waals surface area contributed by atoms with Crippen LogP contribution in [-0.2, 0) is 4.43 Å². The number of unbranched alkanes of at least 4 members (excludes halogenated alkanes) is 1. The third-order valence-corrected chi connectivity index (χ3v) is 8.50. The second-order valence-corrected chi connectivity index (χ2v) is 11.5. The molecule has 0 aliphatic carbocycles. The summed E-state index contributed by atoms with van der Waals surface area (Å²) < 4.78 is 6.11. The zero-order valence-corrected chi connectivity index (χ0v) is 14.8. The second-order valence-electron chi connectivity index (χ2n) is 6.70. The minimum atomic E-state index is -1.62. The summed E-state index contributed by atoms with van der Waals surface area (Å²) in [5, 5.41) is 8.99. The van der Waals surface area contributed by atoms with E-state index in [9.17, 15) is 0 Å². The lowest BCUT2D eigenvalue weighted by Gasteiger charge is -2.36. The monoisotopic (exact) mass is 299 g/mol. The van der Waals surface area contributed by atoms with Gasteiger partial charge in [0.1, 0.15) is 0 Å². The minimum Gasteiger partial charge on any atom is -0.417 e. The minimum absolute atomic E-state index is 0.265. The van der Waals surface area contributed by atoms with Gasteiger partial charge in [-0.25, -0.2) is 0 Å². The van der Waals surface area contributed by atoms with E-state index in [1.165, 1.54) is 0 Å². The third-order valence-electron chi connectivity index (χ3n) is 3.96. The highest BCUT2D eigenvalue weighted by Crippen LogP contribution is 2.36. The first-order valence-electron chi connectivity index (χ1n) is 7.39. The summed E-state index contributed by atoms with van der Waals surface area (Å²) in [5.74, 6) is 6.29. The molecule has 0 aliphatic heterocycles. The first-order valence-corrected chi connectivity index (χ1v) is 10.3. The van der Waals surface area contributed by atoms with E-state index >= 15 is 0 Å². The smallest absolute Gasteiger partial charge is 0.191 e. The van der Waals surface area contributed by atoms with Gasteiger partial charge in [0.2, 0.25) is 0 Å². The van der Waals surface area contributed by atoms with E-state index in [0.29, 0.717) is 5.56 Å². The fraction of sp³-hybridized carbons (Fsp3) is 0.500. The summed E-state index contributed by atoms with van der Waals surface area (Å²) in [7, 11) is -1.62. The maximum absolute atomic E-state index is 8.73. The van der Waals surface area contributed by atoms with Gasteiger partial charge < -0.3 is 4.43 Å². The van der Waals surface area contributed by atoms with Gasteiger partial charge in [-0.1, -0.05) is 32.6 Å². The Morgan fingerprint density at radius 3 is 2.19 bits per heavy atom. The van der Waals surface area contributed by atoms with Gasteiger partial charge in [0.05, 0.1) is 11.6 Å². The van der Waals surface area contributed by atoms with Crippen LogP contribution < -0.4 is 0 Å². The molecule has 2 nitrogen and oxygen atoms in total. The number of rotatable bonds is 4. The molecule has 0 atom stereocenters. The van der Waals surface area contributed by atoms with E-state index in [1.54, 1.807) is 12.1 Å². The Bertz CT molecular complexity index is 550. The van der Waals surface area contributed by atoms with Crippen LogP contribution in [0.4, 0.5) is 0 Å². The predicted molar refractivity (Wildman–Crippen MR) is 90.4 cm³/mol. The molecule has 0 saturated carbocycles. The van der Waals surface area contributed by atoms with Crippen LogP contribution in [0.15, 0.2) is 24.3 Å². The molecule has 1 aromatic carbocycles. The Kier molecular flexibility index (Phi) is 6.21. The van der Waals surface area contributed by atoms with E-state index in [2.05, 4.69) is 51.8 Å². The van der Waals surface area contributed by atoms with Gasteiger partial charge in [0.25, 0.3) is 0 Å². The summed E-state index contributed by atoms with van der Waals surface area (Å²) in [6.07, 6.45) is 1.81. The molecule has 0 bridgehead atoms. The fourth-order valence-corrected chi connectivity index (χ4v) is 2.58. The Balaban J connectivity index is 2.35. The lowest BCUT2D eigenvalue weighted by Crippen LogP contribution is -2.40. The van der Waals surface area contributed by atoms with E-state index in [4.69, 9.17) is 9.69 Å². The maximum atomic E-state index is 8.73. The predicted octanol–water partition coefficient (Wildman–Crippen LogP) is 4.71. The summed E-state index contributed by atoms with van der Waals surface area (Å²) in [4.78, 5) is 0. The molecular weight excluding hydrogens is 274 g/mol. The molecule has 0 amide bonds. The van der Waals surface area contributed by atoms with Gasteiger partial charge in [-0.3, -0.25) is 0 Å². The highest BCUT2D eigenvalue weighted by Gasteiger charge is 2.36. The molecule has 0 heterocycles. The Morgan fingerprint density at radius 1 is 1.10 bits per heavy atom. The molecule has 0 saturated heterocycles. The third kappa shape index (κ3) is 5.75. The van der Waals surface area contributed by atoms with Crippen molar-refractivity contribution in [2.24, 2.45) is 0 Å². The van der Waals surface area contributed by atoms with Crippen molar-refractivity contribution in [3.63, 3.8) is 0 Å². The average molecular weight is 299 g/mol. The highest BCUT2D eigenvalue weighted by molar-refractivity contribution is 6.74. The Hall–Kier alpha value is -1.55. The molecule has 0 spiro atoms. The molecule has 0 radical (unpaired) electrons. The number of benzene rings is 1. The van der Waals surface area contributed by atoms with Crippen molar-refractivity contribution in [3.05, 3.63) is 35.4 Å². The lowest BCUT2D eigenvalue weighted by atomic mass is 10.1. The van der Waals surface area contributed by atoms with Gasteiger partial charge in [-0.2, -0.15) is 5.26 Å². The van der Waals surface area contributed by atoms with E-state index in [-0.39, 0.29) is 5.04 Å². The molecule has 0 unspecified atom stereocenters. The van der Waals surface area contributed by atoms with Crippen LogP contribution in [0.25, 0.3) is 0 Å². The number of hydrogen-bond donors (Lipinski definition) is 0. The van der Waals surface area contributed by atoms with Crippen LogP contribution in [-0.4, -0.2) is 14.9 Å². The van der Waals surface area contributed by atoms with E-state index < -0.39 is 8.32 Å². The van der Waals surface area contributed by atoms with Crippen LogP contribution >= 0.6 is 0 Å². The van der Waals surface area contributed by atoms with Crippen LogP contribution in [0, 0.1) is 23.2 Å². The SMILES string of the molecule is CC(C)(C)[Si](C)(C)OCCCC#Cc1ccc(C#N)cc1. The lowest BCUT2D eigenvalue weighted by molar-refractivity contribution is 0.284. The van der Waals surface area contributed by atoms with Crippen molar-refractivity contribution < 1.29 is 4.43 Å². The van der Waals surface area contributed by atoms with Crippen molar-refractivity contribution in [2.45, 2.75) is 51.7 Å². The zero-order valence-electron chi connectivity index (χ0n) is 13.8. The van der Waals surface area contributed by atoms with Gasteiger partial charge in [-0.15, -0.1) is 0 Å². The maximum Gasteiger partial charge on any atom is 0.191 e. The van der Waals surface area contributed by atoms with E-state index in [1.807, 2.05) is 12.1 Å². The van der Waals surface area contributed by atoms with Crippen LogP contribution in [0.1, 0.15) is 44.7 Å². The Morgan fingerprint density at radius 2 is 1.67 bits per heavy atom. The summed E-state index contributed by atoms with van der Waals surface area (Å²) in [5.41, 5.74) is 1.63. The van der Waals surface area contributed by atoms with Gasteiger partial charge in [0.15, 0.2) is 8.32 Å². The molecule has 0 N–H and O–H groups in total. The topological polar surface area (TPSA) is 33.0 Å². The van der Waals surface area contributed by atoms with Gasteiger partial charge >= 0.3 is 0 Å². The molecule has 0 aromatic heterocycles. The quantitative estimate of drug-likeness (QED) is 0.458. The molecular formula is C18H25NOSi. The van der Waals surface area contributed by atoms with Gasteiger partial charge in [-0.05, 0) is 48.8 Å². The van der Waals surface area contributed by atoms with Crippen molar-refractivity contribution in [1.82, 2.24) is 0 Å². The fourth-order valence-electron chi connectivity index (χ4n) is 1.50. The molecule has 3 heteroatoms. The number of nitriles is 1. The van der Waals surface area contributed by atoms with Crippen molar-refractivity contribution in [1.29, 1.82) is 5.26 Å². The van der Waals surface area contributed by atoms with Crippen LogP contribution in [0.2, 0.25) is 18.1 Å². The summed E-state index contributed by atoms with van der Waals surface area (Å²) >= 11 is 0. The van der Waals surface area contributed by atoms with Crippen molar-refractivity contribution in [3.8, 4) is 17.9 Å². The standard InChI is InChI=1S/C18H25NOSi/c1-18(2,3)21(4,5)20-14-8-6-7-9-16-10-12-17(15-19)13-11-16/h10-13H,6,8,14H2,1-5H3. The number of nitrogens with zero attached hydrogens (tertiary/aromatic N) is 1. The molecule has 112 valence electrons. The molecule has 1 aromatic rings. The van der Waals surface area contributed by atoms with Gasteiger partial charge in [0, 0.05) is 18.6 Å². The molecule has 0 fully saturated rings. The first kappa shape index (κ1) is 17.5. The first-order chi connectivity index (χ1) is 9.76. The molecule has 1 rings (SSSR count). The van der Waals surface area contributed by atoms with E-state index in [0.717, 1.165) is 25.0 Å². The summed E-state index contributed by atoms with van der Waals surface area (Å²) in [6.45, 7) is 12.1. The van der Waals surface area contributed by atoms with Crippen molar-refractivity contribution in [2.75, 3.05) is 6.61 Å². The second kappa shape index (κ2) is 7.45. The van der Waals surface area contributed by atoms with Crippen molar-refractivity contribution >= 4 is 8.32 Å². The zero-order chi connectivity index (χ0) is 15.9. The van der Waals surface area contributed by atoms with Crippen LogP contribution in [0.3, 0.4) is 0 Å². The molecule has 21 heavy (non-hydrogen) atoms. The largest absolute Gasteiger partial charge is 0.417 e. The Labute approximate surface area is 130 Å².